The summed E-state index contributed by atoms with van der Waals surface area (Å²) in [5.74, 6) is 0.210. The molecule has 0 spiro atoms. The molecule has 0 bridgehead atoms. The van der Waals surface area contributed by atoms with Crippen molar-refractivity contribution in [3.05, 3.63) is 34.7 Å². The van der Waals surface area contributed by atoms with Crippen LogP contribution in [0.25, 0.3) is 0 Å². The van der Waals surface area contributed by atoms with E-state index in [1.807, 2.05) is 0 Å². The van der Waals surface area contributed by atoms with Crippen LogP contribution in [-0.4, -0.2) is 38.6 Å². The van der Waals surface area contributed by atoms with Gasteiger partial charge in [-0.05, 0) is 18.9 Å². The summed E-state index contributed by atoms with van der Waals surface area (Å²) in [7, 11) is 0. The predicted octanol–water partition coefficient (Wildman–Crippen LogP) is 2.36. The van der Waals surface area contributed by atoms with E-state index in [1.165, 1.54) is 6.20 Å². The molecular weight excluding hydrogens is 335 g/mol. The first-order chi connectivity index (χ1) is 10.8. The zero-order chi connectivity index (χ0) is 16.7. The minimum Gasteiger partial charge on any atom is -0.382 e. The number of β-amino-alcohol motifs (C(OH)–C–C–N with tert-alkyl or cyclic N) is 1. The molecule has 1 aliphatic rings. The molecule has 0 saturated carbocycles. The fourth-order valence-electron chi connectivity index (χ4n) is 2.67. The van der Waals surface area contributed by atoms with Gasteiger partial charge in [0, 0.05) is 12.7 Å². The molecule has 2 aromatic rings. The molecule has 2 N–H and O–H groups in total. The van der Waals surface area contributed by atoms with Crippen molar-refractivity contribution in [2.45, 2.75) is 24.6 Å². The first-order valence-corrected chi connectivity index (χ1v) is 7.24. The standard InChI is InChI=1S/C13H13ClF3N5O/c14-9-4-8(13(15,16)17)5-18-11(9)22-3-1-2-12(23,7-22)10-6-19-21-20-10/h4-6,23H,1-3,7H2,(H,19,20,21). The number of alkyl halides is 3. The Balaban J connectivity index is 1.87. The van der Waals surface area contributed by atoms with E-state index in [1.54, 1.807) is 4.90 Å². The van der Waals surface area contributed by atoms with Crippen LogP contribution in [0.2, 0.25) is 5.02 Å². The molecule has 0 radical (unpaired) electrons. The normalized spacial score (nSPS) is 22.4. The van der Waals surface area contributed by atoms with Gasteiger partial charge in [-0.3, -0.25) is 0 Å². The van der Waals surface area contributed by atoms with Crippen LogP contribution in [0.15, 0.2) is 18.5 Å². The van der Waals surface area contributed by atoms with Gasteiger partial charge < -0.3 is 10.0 Å². The van der Waals surface area contributed by atoms with Gasteiger partial charge in [-0.25, -0.2) is 4.98 Å². The number of nitrogens with one attached hydrogen (secondary N) is 1. The average molecular weight is 348 g/mol. The molecule has 3 rings (SSSR count). The summed E-state index contributed by atoms with van der Waals surface area (Å²) in [6.07, 6.45) is -1.26. The predicted molar refractivity (Wildman–Crippen MR) is 76.0 cm³/mol. The summed E-state index contributed by atoms with van der Waals surface area (Å²) in [4.78, 5) is 5.49. The Kier molecular flexibility index (Phi) is 3.93. The lowest BCUT2D eigenvalue weighted by Crippen LogP contribution is -2.47. The number of hydrogen-bond acceptors (Lipinski definition) is 5. The van der Waals surface area contributed by atoms with E-state index < -0.39 is 17.3 Å². The third-order valence-electron chi connectivity index (χ3n) is 3.81. The number of halogens is 4. The SMILES string of the molecule is OC1(c2cn[nH]n2)CCCN(c2ncc(C(F)(F)F)cc2Cl)C1. The molecule has 0 aromatic carbocycles. The third-order valence-corrected chi connectivity index (χ3v) is 4.09. The smallest absolute Gasteiger partial charge is 0.382 e. The van der Waals surface area contributed by atoms with E-state index in [0.717, 1.165) is 12.3 Å². The summed E-state index contributed by atoms with van der Waals surface area (Å²) in [5, 5.41) is 20.6. The zero-order valence-corrected chi connectivity index (χ0v) is 12.6. The van der Waals surface area contributed by atoms with Gasteiger partial charge in [0.25, 0.3) is 0 Å². The largest absolute Gasteiger partial charge is 0.417 e. The van der Waals surface area contributed by atoms with Crippen LogP contribution in [0.1, 0.15) is 24.1 Å². The lowest BCUT2D eigenvalue weighted by atomic mass is 9.90. The summed E-state index contributed by atoms with van der Waals surface area (Å²) in [6, 6.07) is 0.841. The molecule has 6 nitrogen and oxygen atoms in total. The monoisotopic (exact) mass is 347 g/mol. The van der Waals surface area contributed by atoms with Crippen molar-refractivity contribution in [3.63, 3.8) is 0 Å². The van der Waals surface area contributed by atoms with Crippen LogP contribution in [0.4, 0.5) is 19.0 Å². The van der Waals surface area contributed by atoms with Gasteiger partial charge in [-0.1, -0.05) is 11.6 Å². The van der Waals surface area contributed by atoms with Crippen LogP contribution in [-0.2, 0) is 11.8 Å². The van der Waals surface area contributed by atoms with E-state index in [2.05, 4.69) is 20.4 Å². The molecule has 23 heavy (non-hydrogen) atoms. The van der Waals surface area contributed by atoms with Gasteiger partial charge in [-0.15, -0.1) is 0 Å². The Morgan fingerprint density at radius 3 is 2.74 bits per heavy atom. The van der Waals surface area contributed by atoms with Gasteiger partial charge in [0.2, 0.25) is 0 Å². The molecule has 1 saturated heterocycles. The van der Waals surface area contributed by atoms with Crippen LogP contribution in [0, 0.1) is 0 Å². The first kappa shape index (κ1) is 16.0. The molecule has 1 atom stereocenters. The number of aliphatic hydroxyl groups is 1. The summed E-state index contributed by atoms with van der Waals surface area (Å²) < 4.78 is 38.0. The highest BCUT2D eigenvalue weighted by Gasteiger charge is 2.39. The van der Waals surface area contributed by atoms with Gasteiger partial charge >= 0.3 is 6.18 Å². The summed E-state index contributed by atoms with van der Waals surface area (Å²) >= 11 is 5.97. The van der Waals surface area contributed by atoms with Crippen molar-refractivity contribution < 1.29 is 18.3 Å². The molecule has 1 unspecified atom stereocenters. The number of pyridine rings is 1. The Morgan fingerprint density at radius 1 is 1.35 bits per heavy atom. The van der Waals surface area contributed by atoms with E-state index in [-0.39, 0.29) is 17.4 Å². The number of aromatic amines is 1. The van der Waals surface area contributed by atoms with Crippen LogP contribution < -0.4 is 4.90 Å². The fraction of sp³-hybridized carbons (Fsp3) is 0.462. The maximum Gasteiger partial charge on any atom is 0.417 e. The Bertz CT molecular complexity index is 693. The average Bonchev–Trinajstić information content (AvgIpc) is 3.01. The second-order valence-electron chi connectivity index (χ2n) is 5.44. The molecule has 124 valence electrons. The van der Waals surface area contributed by atoms with Gasteiger partial charge in [0.05, 0.1) is 23.3 Å². The molecule has 2 aromatic heterocycles. The molecule has 1 fully saturated rings. The number of aromatic nitrogens is 4. The molecular formula is C13H13ClF3N5O. The van der Waals surface area contributed by atoms with Crippen LogP contribution in [0.5, 0.6) is 0 Å². The Labute approximate surface area is 134 Å². The fourth-order valence-corrected chi connectivity index (χ4v) is 2.96. The molecule has 10 heteroatoms. The number of anilines is 1. The van der Waals surface area contributed by atoms with Gasteiger partial charge in [-0.2, -0.15) is 28.6 Å². The number of piperidine rings is 1. The minimum absolute atomic E-state index is 0.107. The lowest BCUT2D eigenvalue weighted by Gasteiger charge is -2.38. The maximum absolute atomic E-state index is 12.7. The van der Waals surface area contributed by atoms with Crippen molar-refractivity contribution in [1.82, 2.24) is 20.4 Å². The zero-order valence-electron chi connectivity index (χ0n) is 11.8. The number of hydrogen-bond donors (Lipinski definition) is 2. The van der Waals surface area contributed by atoms with Crippen molar-refractivity contribution in [2.24, 2.45) is 0 Å². The summed E-state index contributed by atoms with van der Waals surface area (Å²) in [5.41, 5.74) is -1.78. The third kappa shape index (κ3) is 3.11. The highest BCUT2D eigenvalue weighted by Crippen LogP contribution is 2.37. The van der Waals surface area contributed by atoms with Crippen molar-refractivity contribution in [1.29, 1.82) is 0 Å². The molecule has 0 amide bonds. The van der Waals surface area contributed by atoms with Gasteiger partial charge in [0.15, 0.2) is 0 Å². The van der Waals surface area contributed by atoms with Crippen LogP contribution >= 0.6 is 11.6 Å². The minimum atomic E-state index is -4.50. The number of H-pyrrole nitrogens is 1. The van der Waals surface area contributed by atoms with Gasteiger partial charge in [0.1, 0.15) is 17.1 Å². The van der Waals surface area contributed by atoms with E-state index in [4.69, 9.17) is 11.6 Å². The number of nitrogens with zero attached hydrogens (tertiary/aromatic N) is 4. The van der Waals surface area contributed by atoms with Crippen molar-refractivity contribution >= 4 is 17.4 Å². The summed E-state index contributed by atoms with van der Waals surface area (Å²) in [6.45, 7) is 0.649. The first-order valence-electron chi connectivity index (χ1n) is 6.86. The second kappa shape index (κ2) is 5.64. The second-order valence-corrected chi connectivity index (χ2v) is 5.85. The van der Waals surface area contributed by atoms with E-state index >= 15 is 0 Å². The van der Waals surface area contributed by atoms with E-state index in [0.29, 0.717) is 25.1 Å². The molecule has 1 aliphatic heterocycles. The Hall–Kier alpha value is -1.87. The quantitative estimate of drug-likeness (QED) is 0.872. The maximum atomic E-state index is 12.7. The lowest BCUT2D eigenvalue weighted by molar-refractivity contribution is -0.137. The topological polar surface area (TPSA) is 77.9 Å². The van der Waals surface area contributed by atoms with Crippen LogP contribution in [0.3, 0.4) is 0 Å². The van der Waals surface area contributed by atoms with Crippen molar-refractivity contribution in [3.8, 4) is 0 Å². The molecule has 0 aliphatic carbocycles. The highest BCUT2D eigenvalue weighted by atomic mass is 35.5. The molecule has 3 heterocycles. The van der Waals surface area contributed by atoms with Crippen molar-refractivity contribution in [2.75, 3.05) is 18.0 Å². The Morgan fingerprint density at radius 2 is 2.13 bits per heavy atom. The number of rotatable bonds is 2. The highest BCUT2D eigenvalue weighted by molar-refractivity contribution is 6.33. The van der Waals surface area contributed by atoms with E-state index in [9.17, 15) is 18.3 Å².